The van der Waals surface area contributed by atoms with E-state index in [9.17, 15) is 5.11 Å². The molecule has 0 aliphatic heterocycles. The van der Waals surface area contributed by atoms with E-state index >= 15 is 0 Å². The van der Waals surface area contributed by atoms with Crippen molar-refractivity contribution < 1.29 is 19.3 Å². The van der Waals surface area contributed by atoms with Gasteiger partial charge in [-0.2, -0.15) is 0 Å². The summed E-state index contributed by atoms with van der Waals surface area (Å²) >= 11 is 0. The zero-order valence-electron chi connectivity index (χ0n) is 28.2. The minimum absolute atomic E-state index is 0.143. The molecular weight excluding hydrogens is 538 g/mol. The van der Waals surface area contributed by atoms with Crippen molar-refractivity contribution in [3.63, 3.8) is 0 Å². The van der Waals surface area contributed by atoms with Gasteiger partial charge in [-0.3, -0.25) is 0 Å². The standard InChI is InChI=1S/C36H69N3O4/c1-26(11-10-19-40)29-12-13-30-34-31(25-33(36(29,30)3)43-22-9-6-18-39)35(2)15-14-28(41-20-7-4-16-37)23-27(35)24-32(34)42-21-8-5-17-38/h26-34,40H,4-25,37-39H2,1-3H3/t26?,27?,28-,29?,30+,31+,32-,33+,34+,35+,36-/m1/s1. The van der Waals surface area contributed by atoms with E-state index in [1.807, 2.05) is 0 Å². The van der Waals surface area contributed by atoms with Crippen molar-refractivity contribution in [2.24, 2.45) is 63.5 Å². The molecule has 0 heterocycles. The van der Waals surface area contributed by atoms with Gasteiger partial charge in [-0.1, -0.05) is 20.8 Å². The topological polar surface area (TPSA) is 126 Å². The summed E-state index contributed by atoms with van der Waals surface area (Å²) in [5.41, 5.74) is 17.9. The monoisotopic (exact) mass is 608 g/mol. The van der Waals surface area contributed by atoms with Crippen LogP contribution in [0.4, 0.5) is 0 Å². The van der Waals surface area contributed by atoms with E-state index in [4.69, 9.17) is 31.4 Å². The van der Waals surface area contributed by atoms with E-state index < -0.39 is 0 Å². The molecule has 252 valence electrons. The minimum atomic E-state index is 0.143. The van der Waals surface area contributed by atoms with Crippen LogP contribution in [-0.4, -0.2) is 69.5 Å². The third kappa shape index (κ3) is 8.00. The van der Waals surface area contributed by atoms with E-state index in [0.29, 0.717) is 53.1 Å². The molecule has 43 heavy (non-hydrogen) atoms. The lowest BCUT2D eigenvalue weighted by Gasteiger charge is -2.65. The summed E-state index contributed by atoms with van der Waals surface area (Å²) in [6.07, 6.45) is 17.7. The fourth-order valence-corrected chi connectivity index (χ4v) is 10.7. The Morgan fingerprint density at radius 1 is 0.744 bits per heavy atom. The number of fused-ring (bicyclic) bond motifs is 5. The highest BCUT2D eigenvalue weighted by Crippen LogP contribution is 2.69. The van der Waals surface area contributed by atoms with Gasteiger partial charge >= 0.3 is 0 Å². The Labute approximate surface area is 264 Å². The zero-order chi connectivity index (χ0) is 30.9. The van der Waals surface area contributed by atoms with E-state index in [2.05, 4.69) is 20.8 Å². The van der Waals surface area contributed by atoms with Gasteiger partial charge in [0.15, 0.2) is 0 Å². The van der Waals surface area contributed by atoms with Crippen LogP contribution in [0.15, 0.2) is 0 Å². The second-order valence-electron chi connectivity index (χ2n) is 15.4. The van der Waals surface area contributed by atoms with Crippen LogP contribution >= 0.6 is 0 Å². The Balaban J connectivity index is 1.61. The second kappa shape index (κ2) is 17.0. The molecule has 0 aromatic rings. The first-order valence-corrected chi connectivity index (χ1v) is 18.4. The van der Waals surface area contributed by atoms with Gasteiger partial charge in [0.25, 0.3) is 0 Å². The van der Waals surface area contributed by atoms with Crippen molar-refractivity contribution in [3.05, 3.63) is 0 Å². The molecule has 0 radical (unpaired) electrons. The first-order valence-electron chi connectivity index (χ1n) is 18.4. The Bertz CT molecular complexity index is 802. The lowest BCUT2D eigenvalue weighted by molar-refractivity contribution is -0.227. The number of hydrogen-bond acceptors (Lipinski definition) is 7. The van der Waals surface area contributed by atoms with Gasteiger partial charge in [0.05, 0.1) is 18.3 Å². The fraction of sp³-hybridized carbons (Fsp3) is 1.00. The van der Waals surface area contributed by atoms with E-state index in [-0.39, 0.29) is 18.1 Å². The molecule has 7 nitrogen and oxygen atoms in total. The summed E-state index contributed by atoms with van der Waals surface area (Å²) in [4.78, 5) is 0. The van der Waals surface area contributed by atoms with Crippen molar-refractivity contribution in [2.45, 2.75) is 135 Å². The lowest BCUT2D eigenvalue weighted by atomic mass is 9.43. The SMILES string of the molecule is CC(CCCO)C1CC[C@H]2[C@@H]3[C@H](OCCCCN)CC4C[C@H](OCCCCN)CC[C@]4(C)[C@H]3C[C@H](OCCCCN)[C@]12C. The van der Waals surface area contributed by atoms with Crippen LogP contribution in [0.2, 0.25) is 0 Å². The first kappa shape index (κ1) is 35.6. The maximum absolute atomic E-state index is 9.64. The van der Waals surface area contributed by atoms with Crippen LogP contribution in [-0.2, 0) is 14.2 Å². The van der Waals surface area contributed by atoms with Crippen LogP contribution in [0.5, 0.6) is 0 Å². The molecule has 11 atom stereocenters. The Hall–Kier alpha value is -0.280. The van der Waals surface area contributed by atoms with E-state index in [0.717, 1.165) is 104 Å². The Morgan fingerprint density at radius 3 is 2.05 bits per heavy atom. The van der Waals surface area contributed by atoms with Gasteiger partial charge < -0.3 is 36.5 Å². The Morgan fingerprint density at radius 2 is 1.40 bits per heavy atom. The van der Waals surface area contributed by atoms with Crippen LogP contribution in [0.3, 0.4) is 0 Å². The highest BCUT2D eigenvalue weighted by Gasteiger charge is 2.66. The molecule has 7 N–H and O–H groups in total. The van der Waals surface area contributed by atoms with Crippen molar-refractivity contribution in [2.75, 3.05) is 46.1 Å². The van der Waals surface area contributed by atoms with Gasteiger partial charge in [-0.25, -0.2) is 0 Å². The van der Waals surface area contributed by atoms with Gasteiger partial charge in [0, 0.05) is 31.8 Å². The number of aliphatic hydroxyl groups is 1. The zero-order valence-corrected chi connectivity index (χ0v) is 28.2. The number of aliphatic hydroxyl groups excluding tert-OH is 1. The van der Waals surface area contributed by atoms with E-state index in [1.54, 1.807) is 0 Å². The molecule has 4 aliphatic rings. The largest absolute Gasteiger partial charge is 0.396 e. The Kier molecular flexibility index (Phi) is 14.1. The molecule has 0 aromatic heterocycles. The molecule has 4 aliphatic carbocycles. The molecular formula is C36H69N3O4. The quantitative estimate of drug-likeness (QED) is 0.140. The molecule has 0 amide bonds. The summed E-state index contributed by atoms with van der Waals surface area (Å²) in [6, 6.07) is 0. The van der Waals surface area contributed by atoms with Crippen LogP contribution in [0.25, 0.3) is 0 Å². The summed E-state index contributed by atoms with van der Waals surface area (Å²) in [5, 5.41) is 9.64. The van der Waals surface area contributed by atoms with Crippen molar-refractivity contribution >= 4 is 0 Å². The highest BCUT2D eigenvalue weighted by atomic mass is 16.5. The number of unbranched alkanes of at least 4 members (excludes halogenated alkanes) is 3. The highest BCUT2D eigenvalue weighted by molar-refractivity contribution is 5.15. The number of nitrogens with two attached hydrogens (primary N) is 3. The van der Waals surface area contributed by atoms with Gasteiger partial charge in [-0.05, 0) is 157 Å². The molecule has 0 aromatic carbocycles. The van der Waals surface area contributed by atoms with Crippen molar-refractivity contribution in [1.29, 1.82) is 0 Å². The number of rotatable bonds is 19. The summed E-state index contributed by atoms with van der Waals surface area (Å²) < 4.78 is 20.4. The molecule has 0 bridgehead atoms. The second-order valence-corrected chi connectivity index (χ2v) is 15.4. The molecule has 3 unspecified atom stereocenters. The predicted molar refractivity (Wildman–Crippen MR) is 176 cm³/mol. The lowest BCUT2D eigenvalue weighted by Crippen LogP contribution is -2.63. The molecule has 7 heteroatoms. The van der Waals surface area contributed by atoms with Crippen molar-refractivity contribution in [1.82, 2.24) is 0 Å². The predicted octanol–water partition coefficient (Wildman–Crippen LogP) is 5.65. The molecule has 4 saturated carbocycles. The van der Waals surface area contributed by atoms with Crippen LogP contribution in [0, 0.1) is 46.3 Å². The minimum Gasteiger partial charge on any atom is -0.396 e. The summed E-state index contributed by atoms with van der Waals surface area (Å²) in [5.74, 6) is 3.68. The number of hydrogen-bond donors (Lipinski definition) is 4. The average molecular weight is 608 g/mol. The third-order valence-electron chi connectivity index (χ3n) is 13.1. The fourth-order valence-electron chi connectivity index (χ4n) is 10.7. The summed E-state index contributed by atoms with van der Waals surface area (Å²) in [7, 11) is 0. The maximum Gasteiger partial charge on any atom is 0.0637 e. The van der Waals surface area contributed by atoms with Crippen LogP contribution in [0.1, 0.15) is 117 Å². The third-order valence-corrected chi connectivity index (χ3v) is 13.1. The first-order chi connectivity index (χ1) is 20.8. The smallest absolute Gasteiger partial charge is 0.0637 e. The maximum atomic E-state index is 9.64. The molecule has 4 fully saturated rings. The number of ether oxygens (including phenoxy) is 3. The van der Waals surface area contributed by atoms with Gasteiger partial charge in [0.2, 0.25) is 0 Å². The van der Waals surface area contributed by atoms with Crippen LogP contribution < -0.4 is 17.2 Å². The van der Waals surface area contributed by atoms with Gasteiger partial charge in [0.1, 0.15) is 0 Å². The average Bonchev–Trinajstić information content (AvgIpc) is 3.37. The summed E-state index contributed by atoms with van der Waals surface area (Å²) in [6.45, 7) is 12.7. The molecule has 4 rings (SSSR count). The van der Waals surface area contributed by atoms with E-state index in [1.165, 1.54) is 32.1 Å². The van der Waals surface area contributed by atoms with Gasteiger partial charge in [-0.15, -0.1) is 0 Å². The van der Waals surface area contributed by atoms with Crippen molar-refractivity contribution in [3.8, 4) is 0 Å². The molecule has 0 spiro atoms. The molecule has 0 saturated heterocycles. The normalized spacial score (nSPS) is 39.7.